The molecule has 0 aromatic carbocycles. The Labute approximate surface area is 117 Å². The van der Waals surface area contributed by atoms with Gasteiger partial charge in [0, 0.05) is 19.1 Å². The van der Waals surface area contributed by atoms with Crippen molar-refractivity contribution in [3.8, 4) is 0 Å². The predicted octanol–water partition coefficient (Wildman–Crippen LogP) is 3.02. The van der Waals surface area contributed by atoms with Gasteiger partial charge in [-0.3, -0.25) is 0 Å². The first-order chi connectivity index (χ1) is 8.77. The third kappa shape index (κ3) is 4.15. The first kappa shape index (κ1) is 14.2. The number of hydrogen-bond acceptors (Lipinski definition) is 3. The number of nitrogens with two attached hydrogens (primary N) is 1. The molecule has 0 aromatic heterocycles. The van der Waals surface area contributed by atoms with Crippen LogP contribution in [0.4, 0.5) is 0 Å². The minimum absolute atomic E-state index is 0.321. The fourth-order valence-electron chi connectivity index (χ4n) is 2.97. The van der Waals surface area contributed by atoms with Crippen molar-refractivity contribution in [3.05, 3.63) is 22.6 Å². The van der Waals surface area contributed by atoms with E-state index in [1.54, 1.807) is 0 Å². The van der Waals surface area contributed by atoms with Crippen LogP contribution in [0.1, 0.15) is 44.9 Å². The molecule has 1 atom stereocenters. The Morgan fingerprint density at radius 1 is 1.33 bits per heavy atom. The summed E-state index contributed by atoms with van der Waals surface area (Å²) in [5, 5.41) is 3.50. The molecule has 3 heteroatoms. The van der Waals surface area contributed by atoms with Crippen molar-refractivity contribution in [2.45, 2.75) is 51.0 Å². The smallest absolute Gasteiger partial charge is 0.0213 e. The normalized spacial score (nSPS) is 23.4. The van der Waals surface area contributed by atoms with Crippen molar-refractivity contribution in [2.75, 3.05) is 13.1 Å². The van der Waals surface area contributed by atoms with Gasteiger partial charge >= 0.3 is 0 Å². The second kappa shape index (κ2) is 7.37. The summed E-state index contributed by atoms with van der Waals surface area (Å²) in [5.41, 5.74) is 7.62. The van der Waals surface area contributed by atoms with Crippen molar-refractivity contribution in [1.29, 1.82) is 0 Å². The molecule has 0 aliphatic heterocycles. The molecule has 1 fully saturated rings. The van der Waals surface area contributed by atoms with Crippen LogP contribution in [-0.2, 0) is 0 Å². The summed E-state index contributed by atoms with van der Waals surface area (Å²) in [4.78, 5) is 1.23. The van der Waals surface area contributed by atoms with Crippen molar-refractivity contribution < 1.29 is 0 Å². The van der Waals surface area contributed by atoms with E-state index in [0.29, 0.717) is 6.04 Å². The highest BCUT2D eigenvalue weighted by Gasteiger charge is 2.20. The van der Waals surface area contributed by atoms with E-state index in [-0.39, 0.29) is 0 Å². The Kier molecular flexibility index (Phi) is 5.80. The fourth-order valence-corrected chi connectivity index (χ4v) is 3.25. The van der Waals surface area contributed by atoms with Gasteiger partial charge in [0.25, 0.3) is 0 Å². The van der Waals surface area contributed by atoms with E-state index >= 15 is 0 Å². The lowest BCUT2D eigenvalue weighted by Gasteiger charge is -2.27. The maximum absolute atomic E-state index is 6.28. The van der Waals surface area contributed by atoms with Crippen molar-refractivity contribution in [2.24, 2.45) is 11.7 Å². The molecule has 0 radical (unpaired) electrons. The van der Waals surface area contributed by atoms with E-state index < -0.39 is 0 Å². The molecule has 0 saturated heterocycles. The Balaban J connectivity index is 1.69. The molecule has 2 rings (SSSR count). The number of rotatable bonds is 5. The first-order valence-corrected chi connectivity index (χ1v) is 7.76. The lowest BCUT2D eigenvalue weighted by molar-refractivity contribution is 0.299. The van der Waals surface area contributed by atoms with E-state index in [0.717, 1.165) is 31.8 Å². The molecule has 0 amide bonds. The average molecular weight is 266 g/mol. The number of thiol groups is 1. The molecule has 0 aromatic rings. The summed E-state index contributed by atoms with van der Waals surface area (Å²) in [6, 6.07) is 0.321. The highest BCUT2D eigenvalue weighted by atomic mass is 32.1. The van der Waals surface area contributed by atoms with Crippen LogP contribution in [0.15, 0.2) is 22.6 Å². The van der Waals surface area contributed by atoms with Crippen LogP contribution < -0.4 is 11.1 Å². The SMILES string of the molecule is NC(CNCC1=C(S)CCC=C1)C1CCCCC1. The van der Waals surface area contributed by atoms with Crippen LogP contribution in [0.3, 0.4) is 0 Å². The lowest BCUT2D eigenvalue weighted by atomic mass is 9.84. The molecule has 2 aliphatic carbocycles. The number of nitrogens with one attached hydrogen (secondary N) is 1. The highest BCUT2D eigenvalue weighted by molar-refractivity contribution is 7.84. The van der Waals surface area contributed by atoms with E-state index in [1.165, 1.54) is 42.6 Å². The largest absolute Gasteiger partial charge is 0.326 e. The van der Waals surface area contributed by atoms with Crippen molar-refractivity contribution in [1.82, 2.24) is 5.32 Å². The van der Waals surface area contributed by atoms with Gasteiger partial charge in [-0.15, -0.1) is 12.6 Å². The van der Waals surface area contributed by atoms with Gasteiger partial charge < -0.3 is 11.1 Å². The Morgan fingerprint density at radius 3 is 2.83 bits per heavy atom. The zero-order chi connectivity index (χ0) is 12.8. The van der Waals surface area contributed by atoms with Gasteiger partial charge in [0.1, 0.15) is 0 Å². The molecular formula is C15H26N2S. The number of hydrogen-bond donors (Lipinski definition) is 3. The van der Waals surface area contributed by atoms with E-state index in [1.807, 2.05) is 0 Å². The molecule has 18 heavy (non-hydrogen) atoms. The molecule has 0 heterocycles. The minimum atomic E-state index is 0.321. The van der Waals surface area contributed by atoms with Gasteiger partial charge in [-0.25, -0.2) is 0 Å². The topological polar surface area (TPSA) is 38.0 Å². The summed E-state index contributed by atoms with van der Waals surface area (Å²) in [5.74, 6) is 0.734. The Hall–Kier alpha value is -0.250. The van der Waals surface area contributed by atoms with E-state index in [9.17, 15) is 0 Å². The summed E-state index contributed by atoms with van der Waals surface area (Å²) < 4.78 is 0. The molecule has 2 nitrogen and oxygen atoms in total. The highest BCUT2D eigenvalue weighted by Crippen LogP contribution is 2.25. The molecule has 0 spiro atoms. The average Bonchev–Trinajstić information content (AvgIpc) is 2.42. The summed E-state index contributed by atoms with van der Waals surface area (Å²) in [7, 11) is 0. The third-order valence-corrected chi connectivity index (χ3v) is 4.70. The lowest BCUT2D eigenvalue weighted by Crippen LogP contribution is -2.41. The first-order valence-electron chi connectivity index (χ1n) is 7.31. The predicted molar refractivity (Wildman–Crippen MR) is 81.8 cm³/mol. The van der Waals surface area contributed by atoms with Crippen molar-refractivity contribution in [3.63, 3.8) is 0 Å². The fraction of sp³-hybridized carbons (Fsp3) is 0.733. The summed E-state index contributed by atoms with van der Waals surface area (Å²) in [6.07, 6.45) is 13.4. The summed E-state index contributed by atoms with van der Waals surface area (Å²) >= 11 is 4.54. The Morgan fingerprint density at radius 2 is 2.11 bits per heavy atom. The van der Waals surface area contributed by atoms with Crippen LogP contribution in [0.25, 0.3) is 0 Å². The van der Waals surface area contributed by atoms with Crippen molar-refractivity contribution >= 4 is 12.6 Å². The number of allylic oxidation sites excluding steroid dienone is 2. The second-order valence-electron chi connectivity index (χ2n) is 5.61. The quantitative estimate of drug-likeness (QED) is 0.669. The zero-order valence-electron chi connectivity index (χ0n) is 11.2. The molecule has 2 aliphatic rings. The minimum Gasteiger partial charge on any atom is -0.326 e. The van der Waals surface area contributed by atoms with Gasteiger partial charge in [-0.05, 0) is 42.1 Å². The van der Waals surface area contributed by atoms with Gasteiger partial charge in [0.2, 0.25) is 0 Å². The maximum Gasteiger partial charge on any atom is 0.0213 e. The van der Waals surface area contributed by atoms with Crippen LogP contribution in [-0.4, -0.2) is 19.1 Å². The molecule has 102 valence electrons. The molecule has 1 saturated carbocycles. The molecule has 1 unspecified atom stereocenters. The second-order valence-corrected chi connectivity index (χ2v) is 6.15. The third-order valence-electron chi connectivity index (χ3n) is 4.19. The standard InChI is InChI=1S/C15H26N2S/c16-14(12-6-2-1-3-7-12)11-17-10-13-8-4-5-9-15(13)18/h4,8,12,14,17-18H,1-3,5-7,9-11,16H2. The van der Waals surface area contributed by atoms with Gasteiger partial charge in [-0.2, -0.15) is 0 Å². The molecule has 3 N–H and O–H groups in total. The summed E-state index contributed by atoms with van der Waals surface area (Å²) in [6.45, 7) is 1.85. The van der Waals surface area contributed by atoms with Crippen LogP contribution in [0.2, 0.25) is 0 Å². The van der Waals surface area contributed by atoms with Crippen LogP contribution in [0.5, 0.6) is 0 Å². The van der Waals surface area contributed by atoms with Gasteiger partial charge in [-0.1, -0.05) is 31.4 Å². The maximum atomic E-state index is 6.28. The molecular weight excluding hydrogens is 240 g/mol. The van der Waals surface area contributed by atoms with Gasteiger partial charge in [0.05, 0.1) is 0 Å². The van der Waals surface area contributed by atoms with E-state index in [2.05, 4.69) is 30.1 Å². The zero-order valence-corrected chi connectivity index (χ0v) is 12.1. The monoisotopic (exact) mass is 266 g/mol. The van der Waals surface area contributed by atoms with Gasteiger partial charge in [0.15, 0.2) is 0 Å². The van der Waals surface area contributed by atoms with E-state index in [4.69, 9.17) is 5.73 Å². The molecule has 0 bridgehead atoms. The van der Waals surface area contributed by atoms with Crippen LogP contribution >= 0.6 is 12.6 Å². The Bertz CT molecular complexity index is 316. The van der Waals surface area contributed by atoms with Crippen LogP contribution in [0, 0.1) is 5.92 Å².